The first kappa shape index (κ1) is 20.5. The first-order valence-electron chi connectivity index (χ1n) is 9.45. The molecule has 31 heavy (non-hydrogen) atoms. The van der Waals surface area contributed by atoms with E-state index < -0.39 is 5.97 Å². The van der Waals surface area contributed by atoms with E-state index in [1.54, 1.807) is 24.3 Å². The van der Waals surface area contributed by atoms with Crippen LogP contribution in [0.1, 0.15) is 16.1 Å². The number of hydrogen-bond donors (Lipinski definition) is 0. The van der Waals surface area contributed by atoms with Crippen molar-refractivity contribution in [2.75, 3.05) is 7.11 Å². The number of hydrogen-bond acceptors (Lipinski definition) is 5. The van der Waals surface area contributed by atoms with Crippen molar-refractivity contribution in [3.8, 4) is 17.2 Å². The standard InChI is InChI=1S/C24H18ClNO5/c1-29-24(27)21-23(30-15-16-8-4-2-5-9-16)18-12-13-20(25)22(19(18)14-26(21)28)31-17-10-6-3-7-11-17/h2-14H,15H2,1H3. The monoisotopic (exact) mass is 435 g/mol. The van der Waals surface area contributed by atoms with Crippen molar-refractivity contribution in [2.24, 2.45) is 0 Å². The largest absolute Gasteiger partial charge is 0.618 e. The number of methoxy groups -OCH3 is 1. The molecule has 0 aliphatic carbocycles. The van der Waals surface area contributed by atoms with E-state index in [0.29, 0.717) is 26.3 Å². The Labute approximate surface area is 183 Å². The second kappa shape index (κ2) is 8.93. The van der Waals surface area contributed by atoms with E-state index >= 15 is 0 Å². The summed E-state index contributed by atoms with van der Waals surface area (Å²) in [5.41, 5.74) is 0.626. The Bertz CT molecular complexity index is 1230. The van der Waals surface area contributed by atoms with Crippen LogP contribution in [0.3, 0.4) is 0 Å². The van der Waals surface area contributed by atoms with E-state index in [0.717, 1.165) is 5.56 Å². The molecule has 4 rings (SSSR count). The van der Waals surface area contributed by atoms with Crippen molar-refractivity contribution in [1.29, 1.82) is 0 Å². The number of fused-ring (bicyclic) bond motifs is 1. The van der Waals surface area contributed by atoms with Crippen LogP contribution < -0.4 is 14.2 Å². The van der Waals surface area contributed by atoms with Crippen LogP contribution in [0.5, 0.6) is 17.2 Å². The van der Waals surface area contributed by atoms with E-state index in [-0.39, 0.29) is 23.8 Å². The topological polar surface area (TPSA) is 71.7 Å². The summed E-state index contributed by atoms with van der Waals surface area (Å²) in [5, 5.41) is 14.0. The molecule has 6 nitrogen and oxygen atoms in total. The SMILES string of the molecule is COC(=O)c1c(OCc2ccccc2)c2ccc(Cl)c(Oc3ccccc3)c2c[n+]1[O-]. The highest BCUT2D eigenvalue weighted by Crippen LogP contribution is 2.40. The Morgan fingerprint density at radius 1 is 0.935 bits per heavy atom. The molecule has 0 N–H and O–H groups in total. The van der Waals surface area contributed by atoms with Gasteiger partial charge in [0.1, 0.15) is 12.4 Å². The predicted octanol–water partition coefficient (Wildman–Crippen LogP) is 5.28. The van der Waals surface area contributed by atoms with Gasteiger partial charge < -0.3 is 19.4 Å². The minimum atomic E-state index is -0.805. The molecule has 1 heterocycles. The molecule has 0 saturated heterocycles. The lowest BCUT2D eigenvalue weighted by molar-refractivity contribution is -0.607. The fraction of sp³-hybridized carbons (Fsp3) is 0.0833. The fourth-order valence-electron chi connectivity index (χ4n) is 3.17. The van der Waals surface area contributed by atoms with Gasteiger partial charge in [-0.15, -0.1) is 0 Å². The van der Waals surface area contributed by atoms with Crippen molar-refractivity contribution in [3.63, 3.8) is 0 Å². The van der Waals surface area contributed by atoms with Crippen LogP contribution in [-0.2, 0) is 11.3 Å². The number of nitrogens with zero attached hydrogens (tertiary/aromatic N) is 1. The summed E-state index contributed by atoms with van der Waals surface area (Å²) in [6.45, 7) is 0.154. The quantitative estimate of drug-likeness (QED) is 0.234. The molecular formula is C24H18ClNO5. The molecule has 0 saturated carbocycles. The summed E-state index contributed by atoms with van der Waals surface area (Å²) in [5.74, 6) is 0.132. The number of benzene rings is 3. The van der Waals surface area contributed by atoms with Crippen molar-refractivity contribution >= 4 is 28.3 Å². The molecule has 0 fully saturated rings. The van der Waals surface area contributed by atoms with Crippen LogP contribution in [0, 0.1) is 5.21 Å². The minimum Gasteiger partial charge on any atom is -0.618 e. The molecular weight excluding hydrogens is 418 g/mol. The lowest BCUT2D eigenvalue weighted by atomic mass is 10.1. The van der Waals surface area contributed by atoms with Gasteiger partial charge in [0.05, 0.1) is 17.5 Å². The van der Waals surface area contributed by atoms with Crippen LogP contribution in [-0.4, -0.2) is 13.1 Å². The summed E-state index contributed by atoms with van der Waals surface area (Å²) >= 11 is 6.39. The smallest absolute Gasteiger partial charge is 0.408 e. The van der Waals surface area contributed by atoms with Gasteiger partial charge in [-0.2, -0.15) is 4.73 Å². The van der Waals surface area contributed by atoms with Gasteiger partial charge in [0.2, 0.25) is 5.75 Å². The third-order valence-corrected chi connectivity index (χ3v) is 4.94. The number of pyridine rings is 1. The van der Waals surface area contributed by atoms with Crippen LogP contribution in [0.4, 0.5) is 0 Å². The lowest BCUT2D eigenvalue weighted by Gasteiger charge is -2.16. The second-order valence-corrected chi connectivity index (χ2v) is 7.06. The van der Waals surface area contributed by atoms with E-state index in [2.05, 4.69) is 0 Å². The number of ether oxygens (including phenoxy) is 3. The zero-order valence-electron chi connectivity index (χ0n) is 16.6. The highest BCUT2D eigenvalue weighted by Gasteiger charge is 2.29. The van der Waals surface area contributed by atoms with Gasteiger partial charge in [-0.1, -0.05) is 60.1 Å². The molecule has 7 heteroatoms. The molecule has 0 unspecified atom stereocenters. The summed E-state index contributed by atoms with van der Waals surface area (Å²) in [6.07, 6.45) is 1.24. The van der Waals surface area contributed by atoms with Crippen LogP contribution in [0.25, 0.3) is 10.8 Å². The van der Waals surface area contributed by atoms with Crippen LogP contribution in [0.15, 0.2) is 79.0 Å². The van der Waals surface area contributed by atoms with E-state index in [4.69, 9.17) is 25.8 Å². The Morgan fingerprint density at radius 2 is 1.61 bits per heavy atom. The molecule has 0 aliphatic rings. The Morgan fingerprint density at radius 3 is 2.29 bits per heavy atom. The molecule has 1 aromatic heterocycles. The summed E-state index contributed by atoms with van der Waals surface area (Å²) in [7, 11) is 1.21. The molecule has 0 spiro atoms. The first-order valence-corrected chi connectivity index (χ1v) is 9.82. The number of carbonyl (C=O) groups is 1. The number of halogens is 1. The maximum atomic E-state index is 12.8. The average molecular weight is 436 g/mol. The molecule has 0 atom stereocenters. The maximum Gasteiger partial charge on any atom is 0.408 e. The van der Waals surface area contributed by atoms with Crippen LogP contribution in [0.2, 0.25) is 5.02 Å². The number of aromatic nitrogens is 1. The maximum absolute atomic E-state index is 12.8. The van der Waals surface area contributed by atoms with Crippen molar-refractivity contribution in [3.05, 3.63) is 100 Å². The molecule has 4 aromatic rings. The van der Waals surface area contributed by atoms with Gasteiger partial charge in [-0.25, -0.2) is 4.79 Å². The Balaban J connectivity index is 1.87. The number of rotatable bonds is 6. The number of esters is 1. The number of carbonyl (C=O) groups excluding carboxylic acids is 1. The van der Waals surface area contributed by atoms with Crippen molar-refractivity contribution < 1.29 is 23.7 Å². The minimum absolute atomic E-state index is 0.0952. The zero-order valence-corrected chi connectivity index (χ0v) is 17.3. The molecule has 156 valence electrons. The molecule has 0 radical (unpaired) electrons. The van der Waals surface area contributed by atoms with Gasteiger partial charge >= 0.3 is 11.7 Å². The van der Waals surface area contributed by atoms with Crippen molar-refractivity contribution in [2.45, 2.75) is 6.61 Å². The van der Waals surface area contributed by atoms with E-state index in [1.165, 1.54) is 13.3 Å². The zero-order chi connectivity index (χ0) is 21.8. The van der Waals surface area contributed by atoms with Gasteiger partial charge in [0, 0.05) is 5.39 Å². The van der Waals surface area contributed by atoms with Crippen molar-refractivity contribution in [1.82, 2.24) is 0 Å². The third-order valence-electron chi connectivity index (χ3n) is 4.64. The van der Waals surface area contributed by atoms with Gasteiger partial charge in [-0.3, -0.25) is 0 Å². The summed E-state index contributed by atoms with van der Waals surface area (Å²) in [4.78, 5) is 12.4. The molecule has 0 amide bonds. The van der Waals surface area contributed by atoms with Gasteiger partial charge in [0.15, 0.2) is 11.9 Å². The average Bonchev–Trinajstić information content (AvgIpc) is 2.80. The fourth-order valence-corrected chi connectivity index (χ4v) is 3.38. The van der Waals surface area contributed by atoms with Crippen LogP contribution >= 0.6 is 11.6 Å². The van der Waals surface area contributed by atoms with E-state index in [1.807, 2.05) is 48.5 Å². The lowest BCUT2D eigenvalue weighted by Crippen LogP contribution is -2.35. The van der Waals surface area contributed by atoms with Gasteiger partial charge in [0.25, 0.3) is 0 Å². The molecule has 0 bridgehead atoms. The Hall–Kier alpha value is -3.77. The second-order valence-electron chi connectivity index (χ2n) is 6.65. The Kier molecular flexibility index (Phi) is 5.91. The molecule has 3 aromatic carbocycles. The molecule has 0 aliphatic heterocycles. The summed E-state index contributed by atoms with van der Waals surface area (Å²) < 4.78 is 17.2. The third kappa shape index (κ3) is 4.25. The highest BCUT2D eigenvalue weighted by atomic mass is 35.5. The normalized spacial score (nSPS) is 10.6. The summed E-state index contributed by atoms with van der Waals surface area (Å²) in [6, 6.07) is 21.8. The highest BCUT2D eigenvalue weighted by molar-refractivity contribution is 6.33. The number of para-hydroxylation sites is 1. The van der Waals surface area contributed by atoms with E-state index in [9.17, 15) is 10.0 Å². The van der Waals surface area contributed by atoms with Gasteiger partial charge in [-0.05, 0) is 29.8 Å². The first-order chi connectivity index (χ1) is 15.1. The predicted molar refractivity (Wildman–Crippen MR) is 117 cm³/mol.